The zero-order chi connectivity index (χ0) is 27.5. The number of rotatable bonds is 2. The zero-order valence-electron chi connectivity index (χ0n) is 23.2. The van der Waals surface area contributed by atoms with E-state index < -0.39 is 0 Å². The molecule has 0 saturated carbocycles. The van der Waals surface area contributed by atoms with Gasteiger partial charge in [-0.2, -0.15) is 0 Å². The number of hydrogen-bond donors (Lipinski definition) is 1. The minimum absolute atomic E-state index is 0.506. The molecule has 1 N–H and O–H groups in total. The van der Waals surface area contributed by atoms with Gasteiger partial charge in [0.1, 0.15) is 0 Å². The molecule has 1 atom stereocenters. The van der Waals surface area contributed by atoms with Crippen molar-refractivity contribution in [2.45, 2.75) is 13.3 Å². The second kappa shape index (κ2) is 7.92. The lowest BCUT2D eigenvalue weighted by atomic mass is 9.91. The lowest BCUT2D eigenvalue weighted by Gasteiger charge is -2.17. The van der Waals surface area contributed by atoms with Crippen LogP contribution in [0.1, 0.15) is 18.2 Å². The Bertz CT molecular complexity index is 2540. The molecule has 9 aromatic rings. The fraction of sp³-hybridized carbons (Fsp3) is 0.0769. The van der Waals surface area contributed by atoms with Gasteiger partial charge in [0.25, 0.3) is 0 Å². The van der Waals surface area contributed by atoms with E-state index in [9.17, 15) is 0 Å². The SMILES string of the molecule is CC1C=Cc2c(n(-c3ccccc3)c3cc4c5c(ccc6c7c(cc(c65)n4-c4ccccc4)[nH]c4ccccc47)c23)C1. The molecule has 1 aliphatic rings. The highest BCUT2D eigenvalue weighted by Crippen LogP contribution is 2.48. The van der Waals surface area contributed by atoms with Crippen molar-refractivity contribution in [1.82, 2.24) is 14.1 Å². The van der Waals surface area contributed by atoms with Crippen LogP contribution in [0.3, 0.4) is 0 Å². The summed E-state index contributed by atoms with van der Waals surface area (Å²) in [5.74, 6) is 0.506. The van der Waals surface area contributed by atoms with Gasteiger partial charge < -0.3 is 14.1 Å². The van der Waals surface area contributed by atoms with Gasteiger partial charge in [0, 0.05) is 60.6 Å². The molecule has 10 rings (SSSR count). The summed E-state index contributed by atoms with van der Waals surface area (Å²) in [4.78, 5) is 3.73. The van der Waals surface area contributed by atoms with Crippen LogP contribution in [-0.2, 0) is 6.42 Å². The number of nitrogens with one attached hydrogen (secondary N) is 1. The summed E-state index contributed by atoms with van der Waals surface area (Å²) >= 11 is 0. The van der Waals surface area contributed by atoms with E-state index in [1.165, 1.54) is 87.9 Å². The normalized spacial score (nSPS) is 15.3. The van der Waals surface area contributed by atoms with Crippen molar-refractivity contribution in [3.05, 3.63) is 127 Å². The summed E-state index contributed by atoms with van der Waals surface area (Å²) in [7, 11) is 0. The summed E-state index contributed by atoms with van der Waals surface area (Å²) < 4.78 is 5.00. The first-order chi connectivity index (χ1) is 20.8. The molecule has 0 fully saturated rings. The quantitative estimate of drug-likeness (QED) is 0.212. The largest absolute Gasteiger partial charge is 0.354 e. The Kier molecular flexibility index (Phi) is 4.23. The molecular weight excluding hydrogens is 510 g/mol. The van der Waals surface area contributed by atoms with Crippen molar-refractivity contribution in [3.8, 4) is 11.4 Å². The van der Waals surface area contributed by atoms with Gasteiger partial charge in [0.05, 0.1) is 16.6 Å². The number of aromatic amines is 1. The van der Waals surface area contributed by atoms with E-state index in [0.29, 0.717) is 5.92 Å². The van der Waals surface area contributed by atoms with Crippen molar-refractivity contribution in [3.63, 3.8) is 0 Å². The summed E-state index contributed by atoms with van der Waals surface area (Å²) in [6.07, 6.45) is 5.79. The first-order valence-electron chi connectivity index (χ1n) is 14.9. The summed E-state index contributed by atoms with van der Waals surface area (Å²) in [5, 5.41) is 9.29. The Labute approximate surface area is 242 Å². The van der Waals surface area contributed by atoms with Gasteiger partial charge in [-0.1, -0.05) is 85.8 Å². The van der Waals surface area contributed by atoms with Gasteiger partial charge in [-0.15, -0.1) is 0 Å². The molecule has 0 spiro atoms. The number of para-hydroxylation sites is 3. The molecule has 0 amide bonds. The van der Waals surface area contributed by atoms with Gasteiger partial charge in [0.2, 0.25) is 0 Å². The Balaban J connectivity index is 1.47. The van der Waals surface area contributed by atoms with Gasteiger partial charge in [0.15, 0.2) is 0 Å². The fourth-order valence-electron chi connectivity index (χ4n) is 7.83. The van der Waals surface area contributed by atoms with Crippen LogP contribution in [0.4, 0.5) is 0 Å². The van der Waals surface area contributed by atoms with E-state index >= 15 is 0 Å². The first kappa shape index (κ1) is 22.4. The topological polar surface area (TPSA) is 25.6 Å². The molecule has 6 aromatic carbocycles. The molecule has 0 bridgehead atoms. The molecule has 1 aliphatic carbocycles. The maximum absolute atomic E-state index is 3.73. The standard InChI is InChI=1S/C39H27N3/c1-23-16-17-27-32(20-23)41(24-10-4-2-5-11-24)34-22-35-39-29(37(27)34)19-18-28-36-26-14-8-9-15-30(26)40-31(36)21-33(38(28)39)42(35)25-12-6-3-7-13-25/h2-19,21-23,40H,20H2,1H3. The smallest absolute Gasteiger partial charge is 0.0568 e. The Morgan fingerprint density at radius 3 is 1.95 bits per heavy atom. The van der Waals surface area contributed by atoms with Gasteiger partial charge >= 0.3 is 0 Å². The Hall–Kier alpha value is -5.28. The molecule has 3 nitrogen and oxygen atoms in total. The predicted octanol–water partition coefficient (Wildman–Crippen LogP) is 10.2. The average Bonchev–Trinajstić information content (AvgIpc) is 3.67. The third-order valence-corrected chi connectivity index (χ3v) is 9.51. The lowest BCUT2D eigenvalue weighted by molar-refractivity contribution is 0.690. The molecule has 198 valence electrons. The molecule has 0 saturated heterocycles. The maximum atomic E-state index is 3.73. The third-order valence-electron chi connectivity index (χ3n) is 9.51. The lowest BCUT2D eigenvalue weighted by Crippen LogP contribution is -2.08. The number of benzene rings is 6. The van der Waals surface area contributed by atoms with Crippen LogP contribution in [0.15, 0.2) is 115 Å². The summed E-state index contributed by atoms with van der Waals surface area (Å²) in [5.41, 5.74) is 11.3. The van der Waals surface area contributed by atoms with Crippen LogP contribution < -0.4 is 0 Å². The first-order valence-corrected chi connectivity index (χ1v) is 14.9. The number of H-pyrrole nitrogens is 1. The van der Waals surface area contributed by atoms with Crippen LogP contribution >= 0.6 is 0 Å². The highest BCUT2D eigenvalue weighted by atomic mass is 15.0. The Morgan fingerprint density at radius 2 is 1.19 bits per heavy atom. The van der Waals surface area contributed by atoms with E-state index in [4.69, 9.17) is 0 Å². The van der Waals surface area contributed by atoms with Crippen LogP contribution in [0.2, 0.25) is 0 Å². The number of hydrogen-bond acceptors (Lipinski definition) is 0. The summed E-state index contributed by atoms with van der Waals surface area (Å²) in [6.45, 7) is 2.32. The van der Waals surface area contributed by atoms with Crippen LogP contribution in [0.5, 0.6) is 0 Å². The minimum Gasteiger partial charge on any atom is -0.354 e. The number of allylic oxidation sites excluding steroid dienone is 1. The van der Waals surface area contributed by atoms with E-state index in [1.54, 1.807) is 0 Å². The van der Waals surface area contributed by atoms with Gasteiger partial charge in [-0.3, -0.25) is 0 Å². The van der Waals surface area contributed by atoms with Crippen LogP contribution in [0, 0.1) is 5.92 Å². The van der Waals surface area contributed by atoms with E-state index in [2.05, 4.69) is 142 Å². The predicted molar refractivity (Wildman–Crippen MR) is 178 cm³/mol. The summed E-state index contributed by atoms with van der Waals surface area (Å²) in [6, 6.07) is 40.0. The van der Waals surface area contributed by atoms with Crippen molar-refractivity contribution in [1.29, 1.82) is 0 Å². The van der Waals surface area contributed by atoms with Gasteiger partial charge in [-0.25, -0.2) is 0 Å². The van der Waals surface area contributed by atoms with Crippen LogP contribution in [-0.4, -0.2) is 14.1 Å². The highest BCUT2D eigenvalue weighted by molar-refractivity contribution is 6.36. The molecule has 3 heteroatoms. The zero-order valence-corrected chi connectivity index (χ0v) is 23.2. The van der Waals surface area contributed by atoms with Crippen molar-refractivity contribution >= 4 is 71.4 Å². The van der Waals surface area contributed by atoms with Crippen molar-refractivity contribution in [2.24, 2.45) is 5.92 Å². The Morgan fingerprint density at radius 1 is 0.571 bits per heavy atom. The van der Waals surface area contributed by atoms with E-state index in [-0.39, 0.29) is 0 Å². The maximum Gasteiger partial charge on any atom is 0.0568 e. The van der Waals surface area contributed by atoms with Gasteiger partial charge in [-0.05, 0) is 65.6 Å². The highest BCUT2D eigenvalue weighted by Gasteiger charge is 2.27. The number of nitrogens with zero attached hydrogens (tertiary/aromatic N) is 2. The molecule has 0 aliphatic heterocycles. The van der Waals surface area contributed by atoms with E-state index in [1.807, 2.05) is 0 Å². The number of aromatic nitrogens is 3. The number of fused-ring (bicyclic) bond motifs is 8. The molecular formula is C39H27N3. The monoisotopic (exact) mass is 537 g/mol. The molecule has 0 radical (unpaired) electrons. The van der Waals surface area contributed by atoms with Crippen molar-refractivity contribution in [2.75, 3.05) is 0 Å². The second-order valence-electron chi connectivity index (χ2n) is 11.9. The molecule has 3 aromatic heterocycles. The second-order valence-corrected chi connectivity index (χ2v) is 11.9. The molecule has 42 heavy (non-hydrogen) atoms. The van der Waals surface area contributed by atoms with Crippen LogP contribution in [0.25, 0.3) is 82.7 Å². The van der Waals surface area contributed by atoms with Crippen molar-refractivity contribution < 1.29 is 0 Å². The average molecular weight is 538 g/mol. The molecule has 3 heterocycles. The van der Waals surface area contributed by atoms with E-state index in [0.717, 1.165) is 6.42 Å². The minimum atomic E-state index is 0.506. The molecule has 1 unspecified atom stereocenters. The fourth-order valence-corrected chi connectivity index (χ4v) is 7.83. The third kappa shape index (κ3) is 2.75.